The van der Waals surface area contributed by atoms with Crippen LogP contribution in [0.3, 0.4) is 0 Å². The smallest absolute Gasteiger partial charge is 0.249 e. The van der Waals surface area contributed by atoms with Crippen molar-refractivity contribution in [3.8, 4) is 0 Å². The third-order valence-electron chi connectivity index (χ3n) is 3.64. The Labute approximate surface area is 109 Å². The number of hydrogen-bond donors (Lipinski definition) is 1. The molecule has 0 bridgehead atoms. The first-order chi connectivity index (χ1) is 9.24. The number of nitrogens with two attached hydrogens (primary N) is 1. The molecule has 0 aromatic heterocycles. The zero-order valence-electron chi connectivity index (χ0n) is 10.1. The standard InChI is InChI=1S/C17H10NO/c18-17(19)14-8-12-6-4-10-2-1-3-11-5-7-13(9-14)16(12)15(10)11/h1-8H,(H2,18,19). The Morgan fingerprint density at radius 2 is 1.58 bits per heavy atom. The Morgan fingerprint density at radius 1 is 0.895 bits per heavy atom. The second-order valence-corrected chi connectivity index (χ2v) is 4.77. The van der Waals surface area contributed by atoms with Crippen LogP contribution in [0, 0.1) is 6.07 Å². The zero-order chi connectivity index (χ0) is 13.0. The minimum atomic E-state index is -0.439. The molecule has 0 spiro atoms. The summed E-state index contributed by atoms with van der Waals surface area (Å²) in [6, 6.07) is 19.4. The highest BCUT2D eigenvalue weighted by molar-refractivity contribution is 6.23. The fourth-order valence-electron chi connectivity index (χ4n) is 2.80. The van der Waals surface area contributed by atoms with Crippen molar-refractivity contribution in [3.63, 3.8) is 0 Å². The van der Waals surface area contributed by atoms with Crippen molar-refractivity contribution in [1.82, 2.24) is 0 Å². The molecule has 0 fully saturated rings. The molecule has 1 radical (unpaired) electrons. The summed E-state index contributed by atoms with van der Waals surface area (Å²) in [6.45, 7) is 0. The molecule has 2 N–H and O–H groups in total. The van der Waals surface area contributed by atoms with E-state index >= 15 is 0 Å². The number of primary amides is 1. The number of hydrogen-bond acceptors (Lipinski definition) is 1. The first-order valence-corrected chi connectivity index (χ1v) is 6.14. The van der Waals surface area contributed by atoms with Crippen molar-refractivity contribution in [3.05, 3.63) is 60.2 Å². The van der Waals surface area contributed by atoms with E-state index in [1.807, 2.05) is 18.2 Å². The SMILES string of the molecule is NC(=O)c1[c]c2ccc3cccc4ccc(c1)c2c34. The lowest BCUT2D eigenvalue weighted by molar-refractivity contribution is 0.100. The van der Waals surface area contributed by atoms with E-state index < -0.39 is 5.91 Å². The molecule has 89 valence electrons. The molecule has 4 aromatic carbocycles. The van der Waals surface area contributed by atoms with Crippen LogP contribution in [0.4, 0.5) is 0 Å². The third-order valence-corrected chi connectivity index (χ3v) is 3.64. The van der Waals surface area contributed by atoms with Crippen LogP contribution in [-0.2, 0) is 0 Å². The molecule has 0 saturated heterocycles. The molecule has 1 amide bonds. The van der Waals surface area contributed by atoms with Gasteiger partial charge in [0.2, 0.25) is 5.91 Å². The average Bonchev–Trinajstić information content (AvgIpc) is 2.44. The number of carbonyl (C=O) groups excluding carboxylic acids is 1. The Balaban J connectivity index is 2.32. The Morgan fingerprint density at radius 3 is 2.32 bits per heavy atom. The molecule has 0 aliphatic carbocycles. The van der Waals surface area contributed by atoms with Crippen LogP contribution in [0.1, 0.15) is 10.4 Å². The minimum absolute atomic E-state index is 0.436. The van der Waals surface area contributed by atoms with Crippen LogP contribution < -0.4 is 5.73 Å². The third kappa shape index (κ3) is 1.34. The molecule has 0 atom stereocenters. The van der Waals surface area contributed by atoms with Gasteiger partial charge in [0, 0.05) is 11.6 Å². The molecule has 2 nitrogen and oxygen atoms in total. The molecule has 4 aromatic rings. The van der Waals surface area contributed by atoms with E-state index in [4.69, 9.17) is 5.73 Å². The van der Waals surface area contributed by atoms with Crippen LogP contribution in [0.5, 0.6) is 0 Å². The van der Waals surface area contributed by atoms with Crippen molar-refractivity contribution in [2.45, 2.75) is 0 Å². The van der Waals surface area contributed by atoms with Crippen LogP contribution in [-0.4, -0.2) is 5.91 Å². The van der Waals surface area contributed by atoms with Gasteiger partial charge in [0.15, 0.2) is 0 Å². The van der Waals surface area contributed by atoms with Crippen molar-refractivity contribution in [1.29, 1.82) is 0 Å². The Bertz CT molecular complexity index is 876. The molecule has 4 rings (SSSR count). The number of carbonyl (C=O) groups is 1. The molecular weight excluding hydrogens is 234 g/mol. The Hall–Kier alpha value is -2.61. The minimum Gasteiger partial charge on any atom is -0.366 e. The lowest BCUT2D eigenvalue weighted by atomic mass is 9.93. The van der Waals surface area contributed by atoms with Gasteiger partial charge in [-0.3, -0.25) is 4.79 Å². The lowest BCUT2D eigenvalue weighted by Gasteiger charge is -2.11. The van der Waals surface area contributed by atoms with Crippen LogP contribution in [0.25, 0.3) is 32.3 Å². The summed E-state index contributed by atoms with van der Waals surface area (Å²) in [5.74, 6) is -0.439. The van der Waals surface area contributed by atoms with E-state index in [9.17, 15) is 4.79 Å². The largest absolute Gasteiger partial charge is 0.366 e. The zero-order valence-corrected chi connectivity index (χ0v) is 10.1. The monoisotopic (exact) mass is 244 g/mol. The first kappa shape index (κ1) is 10.3. The molecule has 2 heteroatoms. The Kier molecular flexibility index (Phi) is 1.88. The van der Waals surface area contributed by atoms with Crippen LogP contribution in [0.2, 0.25) is 0 Å². The van der Waals surface area contributed by atoms with Gasteiger partial charge in [0.25, 0.3) is 0 Å². The predicted octanol–water partition coefficient (Wildman–Crippen LogP) is 3.48. The van der Waals surface area contributed by atoms with Gasteiger partial charge in [-0.15, -0.1) is 0 Å². The summed E-state index contributed by atoms with van der Waals surface area (Å²) in [7, 11) is 0. The summed E-state index contributed by atoms with van der Waals surface area (Å²) in [6.07, 6.45) is 0. The fourth-order valence-corrected chi connectivity index (χ4v) is 2.80. The van der Waals surface area contributed by atoms with E-state index in [1.165, 1.54) is 16.2 Å². The molecule has 0 aliphatic heterocycles. The highest BCUT2D eigenvalue weighted by Crippen LogP contribution is 2.34. The lowest BCUT2D eigenvalue weighted by Crippen LogP contribution is -2.10. The van der Waals surface area contributed by atoms with E-state index in [2.05, 4.69) is 36.4 Å². The fraction of sp³-hybridized carbons (Fsp3) is 0. The van der Waals surface area contributed by atoms with Gasteiger partial charge < -0.3 is 5.73 Å². The van der Waals surface area contributed by atoms with Crippen molar-refractivity contribution >= 4 is 38.2 Å². The molecule has 0 aliphatic rings. The van der Waals surface area contributed by atoms with Gasteiger partial charge >= 0.3 is 0 Å². The van der Waals surface area contributed by atoms with Gasteiger partial charge in [-0.1, -0.05) is 42.5 Å². The first-order valence-electron chi connectivity index (χ1n) is 6.14. The van der Waals surface area contributed by atoms with E-state index in [-0.39, 0.29) is 0 Å². The van der Waals surface area contributed by atoms with Crippen molar-refractivity contribution < 1.29 is 4.79 Å². The second-order valence-electron chi connectivity index (χ2n) is 4.77. The second kappa shape index (κ2) is 3.45. The summed E-state index contributed by atoms with van der Waals surface area (Å²) in [5, 5.41) is 6.76. The molecule has 19 heavy (non-hydrogen) atoms. The van der Waals surface area contributed by atoms with Crippen LogP contribution in [0.15, 0.2) is 48.5 Å². The van der Waals surface area contributed by atoms with Crippen molar-refractivity contribution in [2.24, 2.45) is 5.73 Å². The van der Waals surface area contributed by atoms with Gasteiger partial charge in [0.1, 0.15) is 0 Å². The van der Waals surface area contributed by atoms with Crippen molar-refractivity contribution in [2.75, 3.05) is 0 Å². The molecule has 0 unspecified atom stereocenters. The topological polar surface area (TPSA) is 43.1 Å². The van der Waals surface area contributed by atoms with Gasteiger partial charge in [0.05, 0.1) is 0 Å². The highest BCUT2D eigenvalue weighted by atomic mass is 16.1. The number of rotatable bonds is 1. The van der Waals surface area contributed by atoms with Gasteiger partial charge in [-0.05, 0) is 38.4 Å². The average molecular weight is 244 g/mol. The summed E-state index contributed by atoms with van der Waals surface area (Å²) in [5.41, 5.74) is 5.80. The summed E-state index contributed by atoms with van der Waals surface area (Å²) >= 11 is 0. The van der Waals surface area contributed by atoms with E-state index in [1.54, 1.807) is 0 Å². The number of amides is 1. The predicted molar refractivity (Wildman–Crippen MR) is 77.5 cm³/mol. The summed E-state index contributed by atoms with van der Waals surface area (Å²) < 4.78 is 0. The molecular formula is C17H10NO. The summed E-state index contributed by atoms with van der Waals surface area (Å²) in [4.78, 5) is 11.4. The molecule has 0 heterocycles. The van der Waals surface area contributed by atoms with E-state index in [0.717, 1.165) is 16.2 Å². The maximum Gasteiger partial charge on any atom is 0.249 e. The highest BCUT2D eigenvalue weighted by Gasteiger charge is 2.10. The van der Waals surface area contributed by atoms with Gasteiger partial charge in [-0.25, -0.2) is 0 Å². The molecule has 0 saturated carbocycles. The van der Waals surface area contributed by atoms with Crippen LogP contribution >= 0.6 is 0 Å². The number of benzene rings is 4. The maximum absolute atomic E-state index is 11.4. The quantitative estimate of drug-likeness (QED) is 0.512. The van der Waals surface area contributed by atoms with Gasteiger partial charge in [-0.2, -0.15) is 0 Å². The maximum atomic E-state index is 11.4. The normalized spacial score (nSPS) is 11.6. The van der Waals surface area contributed by atoms with E-state index in [0.29, 0.717) is 5.56 Å².